The summed E-state index contributed by atoms with van der Waals surface area (Å²) < 4.78 is 5.45. The summed E-state index contributed by atoms with van der Waals surface area (Å²) in [6.07, 6.45) is 1.20. The van der Waals surface area contributed by atoms with E-state index in [1.54, 1.807) is 6.07 Å². The molecule has 2 heterocycles. The largest absolute Gasteiger partial charge is 0.475 e. The molecule has 1 aliphatic rings. The number of carbonyl (C=O) groups is 1. The molecule has 3 rings (SSSR count). The van der Waals surface area contributed by atoms with E-state index in [-0.39, 0.29) is 5.76 Å². The van der Waals surface area contributed by atoms with Crippen molar-refractivity contribution in [1.29, 1.82) is 0 Å². The van der Waals surface area contributed by atoms with Crippen LogP contribution in [0.4, 0.5) is 0 Å². The number of rotatable bonds is 5. The Hall–Kier alpha value is -1.85. The molecule has 5 nitrogen and oxygen atoms in total. The Labute approximate surface area is 123 Å². The molecule has 0 amide bonds. The maximum Gasteiger partial charge on any atom is 0.372 e. The Kier molecular flexibility index (Phi) is 3.94. The number of hydrogen-bond acceptors (Lipinski definition) is 4. The number of nitrogens with one attached hydrogen (secondary N) is 1. The van der Waals surface area contributed by atoms with Crippen molar-refractivity contribution >= 4 is 16.9 Å². The molecule has 0 radical (unpaired) electrons. The number of nitrogens with zero attached hydrogens (tertiary/aromatic N) is 1. The Morgan fingerprint density at radius 2 is 2.29 bits per heavy atom. The summed E-state index contributed by atoms with van der Waals surface area (Å²) in [6, 6.07) is 7.46. The van der Waals surface area contributed by atoms with Crippen molar-refractivity contribution in [1.82, 2.24) is 10.2 Å². The van der Waals surface area contributed by atoms with Crippen LogP contribution in [0.15, 0.2) is 28.7 Å². The number of carboxylic acid groups (broad SMARTS) is 1. The smallest absolute Gasteiger partial charge is 0.372 e. The van der Waals surface area contributed by atoms with Gasteiger partial charge in [-0.05, 0) is 38.5 Å². The molecule has 21 heavy (non-hydrogen) atoms. The van der Waals surface area contributed by atoms with Gasteiger partial charge in [-0.15, -0.1) is 0 Å². The molecule has 1 saturated heterocycles. The summed E-state index contributed by atoms with van der Waals surface area (Å²) in [5.74, 6) is -0.322. The lowest BCUT2D eigenvalue weighted by Gasteiger charge is -2.11. The first-order valence-corrected chi connectivity index (χ1v) is 7.28. The Bertz CT molecular complexity index is 650. The summed E-state index contributed by atoms with van der Waals surface area (Å²) >= 11 is 0. The monoisotopic (exact) mass is 288 g/mol. The van der Waals surface area contributed by atoms with Gasteiger partial charge in [-0.3, -0.25) is 0 Å². The van der Waals surface area contributed by atoms with Gasteiger partial charge in [-0.2, -0.15) is 0 Å². The fourth-order valence-corrected chi connectivity index (χ4v) is 3.04. The Morgan fingerprint density at radius 1 is 1.48 bits per heavy atom. The lowest BCUT2D eigenvalue weighted by Crippen LogP contribution is -2.25. The maximum absolute atomic E-state index is 11.3. The molecule has 0 aliphatic carbocycles. The first-order valence-electron chi connectivity index (χ1n) is 7.28. The van der Waals surface area contributed by atoms with E-state index in [0.717, 1.165) is 30.6 Å². The van der Waals surface area contributed by atoms with Crippen molar-refractivity contribution in [3.8, 4) is 0 Å². The zero-order chi connectivity index (χ0) is 14.8. The third-order valence-corrected chi connectivity index (χ3v) is 4.12. The minimum atomic E-state index is -1.01. The molecule has 1 aliphatic heterocycles. The van der Waals surface area contributed by atoms with Crippen LogP contribution in [-0.4, -0.2) is 42.7 Å². The second kappa shape index (κ2) is 5.87. The van der Waals surface area contributed by atoms with Crippen LogP contribution >= 0.6 is 0 Å². The predicted octanol–water partition coefficient (Wildman–Crippen LogP) is 2.17. The van der Waals surface area contributed by atoms with E-state index in [0.29, 0.717) is 18.0 Å². The topological polar surface area (TPSA) is 65.7 Å². The number of furan rings is 1. The van der Waals surface area contributed by atoms with E-state index >= 15 is 0 Å². The summed E-state index contributed by atoms with van der Waals surface area (Å²) in [4.78, 5) is 13.6. The van der Waals surface area contributed by atoms with Gasteiger partial charge in [-0.1, -0.05) is 18.2 Å². The molecular formula is C16H20N2O3. The van der Waals surface area contributed by atoms with Crippen molar-refractivity contribution in [3.63, 3.8) is 0 Å². The molecule has 0 saturated carbocycles. The maximum atomic E-state index is 11.3. The molecule has 1 atom stereocenters. The zero-order valence-corrected chi connectivity index (χ0v) is 12.1. The number of para-hydroxylation sites is 1. The molecule has 2 aromatic rings. The number of aromatic carboxylic acids is 1. The van der Waals surface area contributed by atoms with Crippen LogP contribution in [0.3, 0.4) is 0 Å². The van der Waals surface area contributed by atoms with E-state index in [1.165, 1.54) is 6.42 Å². The SMILES string of the molecule is CN1CCC(CNCc2c(C(=O)O)oc3ccccc23)C1. The van der Waals surface area contributed by atoms with Crippen LogP contribution in [0.2, 0.25) is 0 Å². The van der Waals surface area contributed by atoms with Gasteiger partial charge in [0.2, 0.25) is 5.76 Å². The highest BCUT2D eigenvalue weighted by molar-refractivity contribution is 5.95. The fourth-order valence-electron chi connectivity index (χ4n) is 3.04. The molecule has 1 unspecified atom stereocenters. The van der Waals surface area contributed by atoms with Crippen LogP contribution in [0.1, 0.15) is 22.5 Å². The van der Waals surface area contributed by atoms with Gasteiger partial charge in [0.25, 0.3) is 0 Å². The zero-order valence-electron chi connectivity index (χ0n) is 12.1. The van der Waals surface area contributed by atoms with Crippen LogP contribution in [0, 0.1) is 5.92 Å². The molecule has 1 aromatic heterocycles. The van der Waals surface area contributed by atoms with E-state index in [1.807, 2.05) is 18.2 Å². The quantitative estimate of drug-likeness (QED) is 0.882. The summed E-state index contributed by atoms with van der Waals surface area (Å²) in [6.45, 7) is 3.67. The molecule has 5 heteroatoms. The lowest BCUT2D eigenvalue weighted by molar-refractivity contribution is 0.0663. The molecular weight excluding hydrogens is 268 g/mol. The molecule has 1 aromatic carbocycles. The minimum Gasteiger partial charge on any atom is -0.475 e. The van der Waals surface area contributed by atoms with Crippen molar-refractivity contribution in [3.05, 3.63) is 35.6 Å². The van der Waals surface area contributed by atoms with E-state index in [4.69, 9.17) is 4.42 Å². The van der Waals surface area contributed by atoms with Gasteiger partial charge < -0.3 is 19.7 Å². The van der Waals surface area contributed by atoms with Gasteiger partial charge in [-0.25, -0.2) is 4.79 Å². The van der Waals surface area contributed by atoms with Crippen molar-refractivity contribution in [2.45, 2.75) is 13.0 Å². The molecule has 112 valence electrons. The van der Waals surface area contributed by atoms with Crippen LogP contribution < -0.4 is 5.32 Å². The Balaban J connectivity index is 1.73. The third-order valence-electron chi connectivity index (χ3n) is 4.12. The highest BCUT2D eigenvalue weighted by Gasteiger charge is 2.21. The minimum absolute atomic E-state index is 0.0484. The predicted molar refractivity (Wildman–Crippen MR) is 80.5 cm³/mol. The van der Waals surface area contributed by atoms with Gasteiger partial charge in [0, 0.05) is 24.0 Å². The van der Waals surface area contributed by atoms with E-state index < -0.39 is 5.97 Å². The van der Waals surface area contributed by atoms with Gasteiger partial charge in [0.1, 0.15) is 5.58 Å². The van der Waals surface area contributed by atoms with E-state index in [2.05, 4.69) is 17.3 Å². The van der Waals surface area contributed by atoms with Crippen LogP contribution in [-0.2, 0) is 6.54 Å². The van der Waals surface area contributed by atoms with Crippen LogP contribution in [0.25, 0.3) is 11.0 Å². The Morgan fingerprint density at radius 3 is 3.00 bits per heavy atom. The number of hydrogen-bond donors (Lipinski definition) is 2. The molecule has 1 fully saturated rings. The highest BCUT2D eigenvalue weighted by Crippen LogP contribution is 2.26. The summed E-state index contributed by atoms with van der Waals surface area (Å²) in [7, 11) is 2.13. The molecule has 0 spiro atoms. The van der Waals surface area contributed by atoms with Crippen molar-refractivity contribution in [2.24, 2.45) is 5.92 Å². The lowest BCUT2D eigenvalue weighted by atomic mass is 10.1. The van der Waals surface area contributed by atoms with Gasteiger partial charge in [0.15, 0.2) is 0 Å². The van der Waals surface area contributed by atoms with E-state index in [9.17, 15) is 9.90 Å². The highest BCUT2D eigenvalue weighted by atomic mass is 16.4. The standard InChI is InChI=1S/C16H20N2O3/c1-18-7-6-11(10-18)8-17-9-13-12-4-2-3-5-14(12)21-15(13)16(19)20/h2-5,11,17H,6-10H2,1H3,(H,19,20). The fraction of sp³-hybridized carbons (Fsp3) is 0.438. The normalized spacial score (nSPS) is 19.4. The summed E-state index contributed by atoms with van der Waals surface area (Å²) in [5, 5.41) is 13.6. The summed E-state index contributed by atoms with van der Waals surface area (Å²) in [5.41, 5.74) is 1.37. The van der Waals surface area contributed by atoms with Crippen LogP contribution in [0.5, 0.6) is 0 Å². The number of fused-ring (bicyclic) bond motifs is 1. The second-order valence-corrected chi connectivity index (χ2v) is 5.76. The number of likely N-dealkylation sites (tertiary alicyclic amines) is 1. The average Bonchev–Trinajstić information content (AvgIpc) is 3.03. The van der Waals surface area contributed by atoms with Crippen molar-refractivity contribution < 1.29 is 14.3 Å². The van der Waals surface area contributed by atoms with Gasteiger partial charge >= 0.3 is 5.97 Å². The molecule has 2 N–H and O–H groups in total. The first-order chi connectivity index (χ1) is 10.1. The van der Waals surface area contributed by atoms with Gasteiger partial charge in [0.05, 0.1) is 0 Å². The second-order valence-electron chi connectivity index (χ2n) is 5.76. The average molecular weight is 288 g/mol. The number of carboxylic acids is 1. The van der Waals surface area contributed by atoms with Crippen molar-refractivity contribution in [2.75, 3.05) is 26.7 Å². The molecule has 0 bridgehead atoms. The first kappa shape index (κ1) is 14.1. The number of benzene rings is 1. The third kappa shape index (κ3) is 2.94.